The van der Waals surface area contributed by atoms with Crippen LogP contribution in [-0.2, 0) is 0 Å². The summed E-state index contributed by atoms with van der Waals surface area (Å²) in [5.41, 5.74) is 2.50. The monoisotopic (exact) mass is 270 g/mol. The summed E-state index contributed by atoms with van der Waals surface area (Å²) < 4.78 is 0. The first kappa shape index (κ1) is 13.7. The Hall–Kier alpha value is -2.69. The van der Waals surface area contributed by atoms with Crippen molar-refractivity contribution in [1.82, 2.24) is 0 Å². The summed E-state index contributed by atoms with van der Waals surface area (Å²) in [5.74, 6) is -0.355. The number of carbonyl (C=O) groups is 1. The number of nitro groups is 1. The highest BCUT2D eigenvalue weighted by Gasteiger charge is 2.15. The van der Waals surface area contributed by atoms with Crippen molar-refractivity contribution >= 4 is 17.3 Å². The van der Waals surface area contributed by atoms with Crippen LogP contribution >= 0.6 is 0 Å². The van der Waals surface area contributed by atoms with E-state index in [1.807, 2.05) is 19.9 Å². The maximum Gasteiger partial charge on any atom is 0.292 e. The molecule has 5 nitrogen and oxygen atoms in total. The Labute approximate surface area is 116 Å². The molecule has 0 saturated heterocycles. The third-order valence-corrected chi connectivity index (χ3v) is 2.83. The van der Waals surface area contributed by atoms with E-state index in [0.717, 1.165) is 11.1 Å². The van der Waals surface area contributed by atoms with Gasteiger partial charge in [-0.3, -0.25) is 14.9 Å². The van der Waals surface area contributed by atoms with E-state index in [1.54, 1.807) is 24.3 Å². The highest BCUT2D eigenvalue weighted by Crippen LogP contribution is 2.24. The van der Waals surface area contributed by atoms with Crippen LogP contribution in [0.25, 0.3) is 0 Å². The highest BCUT2D eigenvalue weighted by atomic mass is 16.6. The van der Waals surface area contributed by atoms with Crippen LogP contribution in [0.15, 0.2) is 42.5 Å². The minimum atomic E-state index is -0.517. The van der Waals surface area contributed by atoms with Gasteiger partial charge in [0.15, 0.2) is 0 Å². The number of hydrogen-bond acceptors (Lipinski definition) is 3. The lowest BCUT2D eigenvalue weighted by Crippen LogP contribution is -2.13. The van der Waals surface area contributed by atoms with Gasteiger partial charge in [-0.25, -0.2) is 0 Å². The van der Waals surface area contributed by atoms with E-state index in [0.29, 0.717) is 5.56 Å². The van der Waals surface area contributed by atoms with E-state index in [-0.39, 0.29) is 17.3 Å². The van der Waals surface area contributed by atoms with Crippen LogP contribution in [0.3, 0.4) is 0 Å². The molecule has 0 bridgehead atoms. The molecule has 0 aliphatic heterocycles. The summed E-state index contributed by atoms with van der Waals surface area (Å²) in [6.45, 7) is 3.80. The first-order chi connectivity index (χ1) is 9.47. The summed E-state index contributed by atoms with van der Waals surface area (Å²) in [4.78, 5) is 22.5. The van der Waals surface area contributed by atoms with Crippen molar-refractivity contribution in [1.29, 1.82) is 0 Å². The van der Waals surface area contributed by atoms with Crippen LogP contribution < -0.4 is 5.32 Å². The number of para-hydroxylation sites is 2. The first-order valence-electron chi connectivity index (χ1n) is 6.10. The molecule has 0 atom stereocenters. The Morgan fingerprint density at radius 1 is 1.10 bits per heavy atom. The maximum absolute atomic E-state index is 12.2. The van der Waals surface area contributed by atoms with Gasteiger partial charge in [-0.05, 0) is 32.0 Å². The van der Waals surface area contributed by atoms with Gasteiger partial charge in [0.25, 0.3) is 11.6 Å². The molecule has 0 saturated carbocycles. The van der Waals surface area contributed by atoms with Gasteiger partial charge in [-0.2, -0.15) is 0 Å². The third-order valence-electron chi connectivity index (χ3n) is 2.83. The number of rotatable bonds is 3. The molecule has 2 aromatic rings. The van der Waals surface area contributed by atoms with Crippen molar-refractivity contribution in [2.45, 2.75) is 13.8 Å². The van der Waals surface area contributed by atoms with Crippen LogP contribution in [0.2, 0.25) is 0 Å². The fourth-order valence-corrected chi connectivity index (χ4v) is 2.04. The lowest BCUT2D eigenvalue weighted by atomic mass is 10.1. The lowest BCUT2D eigenvalue weighted by molar-refractivity contribution is -0.383. The van der Waals surface area contributed by atoms with E-state index < -0.39 is 4.92 Å². The van der Waals surface area contributed by atoms with Crippen LogP contribution in [0.5, 0.6) is 0 Å². The third kappa shape index (κ3) is 3.00. The number of anilines is 1. The van der Waals surface area contributed by atoms with Gasteiger partial charge in [0, 0.05) is 11.6 Å². The Bertz CT molecular complexity index is 660. The van der Waals surface area contributed by atoms with Gasteiger partial charge >= 0.3 is 0 Å². The molecular weight excluding hydrogens is 256 g/mol. The summed E-state index contributed by atoms with van der Waals surface area (Å²) >= 11 is 0. The number of nitrogens with zero attached hydrogens (tertiary/aromatic N) is 1. The van der Waals surface area contributed by atoms with Gasteiger partial charge in [0.2, 0.25) is 0 Å². The number of hydrogen-bond donors (Lipinski definition) is 1. The van der Waals surface area contributed by atoms with Crippen molar-refractivity contribution < 1.29 is 9.72 Å². The smallest absolute Gasteiger partial charge is 0.292 e. The van der Waals surface area contributed by atoms with Crippen molar-refractivity contribution in [2.75, 3.05) is 5.32 Å². The van der Waals surface area contributed by atoms with E-state index in [4.69, 9.17) is 0 Å². The Kier molecular flexibility index (Phi) is 3.79. The standard InChI is InChI=1S/C15H14N2O3/c1-10-7-11(2)9-12(8-10)15(18)16-13-5-3-4-6-14(13)17(19)20/h3-9H,1-2H3,(H,16,18). The quantitative estimate of drug-likeness (QED) is 0.685. The molecule has 0 fully saturated rings. The SMILES string of the molecule is Cc1cc(C)cc(C(=O)Nc2ccccc2[N+](=O)[O-])c1. The van der Waals surface area contributed by atoms with Gasteiger partial charge in [-0.1, -0.05) is 29.3 Å². The first-order valence-corrected chi connectivity index (χ1v) is 6.10. The fraction of sp³-hybridized carbons (Fsp3) is 0.133. The normalized spacial score (nSPS) is 10.1. The van der Waals surface area contributed by atoms with Crippen LogP contribution in [-0.4, -0.2) is 10.8 Å². The zero-order chi connectivity index (χ0) is 14.7. The number of nitrogens with one attached hydrogen (secondary N) is 1. The molecule has 102 valence electrons. The van der Waals surface area contributed by atoms with Crippen LogP contribution in [0.4, 0.5) is 11.4 Å². The average molecular weight is 270 g/mol. The number of aryl methyl sites for hydroxylation is 2. The number of amides is 1. The fourth-order valence-electron chi connectivity index (χ4n) is 2.04. The van der Waals surface area contributed by atoms with E-state index in [9.17, 15) is 14.9 Å². The predicted octanol–water partition coefficient (Wildman–Crippen LogP) is 3.46. The van der Waals surface area contributed by atoms with E-state index in [2.05, 4.69) is 5.32 Å². The van der Waals surface area contributed by atoms with Crippen LogP contribution in [0.1, 0.15) is 21.5 Å². The number of nitro benzene ring substituents is 1. The molecule has 0 radical (unpaired) electrons. The predicted molar refractivity (Wildman–Crippen MR) is 77.0 cm³/mol. The number of benzene rings is 2. The zero-order valence-corrected chi connectivity index (χ0v) is 11.2. The molecule has 0 unspecified atom stereocenters. The van der Waals surface area contributed by atoms with E-state index >= 15 is 0 Å². The molecule has 0 aliphatic rings. The second-order valence-electron chi connectivity index (χ2n) is 4.60. The van der Waals surface area contributed by atoms with Gasteiger partial charge in [0.1, 0.15) is 5.69 Å². The molecule has 0 aliphatic carbocycles. The second kappa shape index (κ2) is 5.52. The molecule has 2 rings (SSSR count). The van der Waals surface area contributed by atoms with Crippen molar-refractivity contribution in [3.05, 3.63) is 69.3 Å². The van der Waals surface area contributed by atoms with Gasteiger partial charge in [0.05, 0.1) is 4.92 Å². The molecule has 0 aromatic heterocycles. The number of carbonyl (C=O) groups excluding carboxylic acids is 1. The zero-order valence-electron chi connectivity index (χ0n) is 11.2. The van der Waals surface area contributed by atoms with Crippen molar-refractivity contribution in [3.63, 3.8) is 0 Å². The summed E-state index contributed by atoms with van der Waals surface area (Å²) in [6.07, 6.45) is 0. The molecule has 1 amide bonds. The molecule has 20 heavy (non-hydrogen) atoms. The Balaban J connectivity index is 2.30. The van der Waals surface area contributed by atoms with Crippen molar-refractivity contribution in [2.24, 2.45) is 0 Å². The topological polar surface area (TPSA) is 72.2 Å². The Morgan fingerprint density at radius 3 is 2.30 bits per heavy atom. The second-order valence-corrected chi connectivity index (χ2v) is 4.60. The molecule has 5 heteroatoms. The molecule has 1 N–H and O–H groups in total. The van der Waals surface area contributed by atoms with E-state index in [1.165, 1.54) is 12.1 Å². The van der Waals surface area contributed by atoms with Crippen LogP contribution in [0, 0.1) is 24.0 Å². The molecule has 0 heterocycles. The van der Waals surface area contributed by atoms with Crippen molar-refractivity contribution in [3.8, 4) is 0 Å². The average Bonchev–Trinajstić information content (AvgIpc) is 2.37. The maximum atomic E-state index is 12.2. The molecular formula is C15H14N2O3. The Morgan fingerprint density at radius 2 is 1.70 bits per heavy atom. The summed E-state index contributed by atoms with van der Waals surface area (Å²) in [6, 6.07) is 11.5. The highest BCUT2D eigenvalue weighted by molar-refractivity contribution is 6.05. The molecule has 0 spiro atoms. The van der Waals surface area contributed by atoms with Gasteiger partial charge < -0.3 is 5.32 Å². The summed E-state index contributed by atoms with van der Waals surface area (Å²) in [5, 5.41) is 13.5. The lowest BCUT2D eigenvalue weighted by Gasteiger charge is -2.07. The minimum absolute atomic E-state index is 0.120. The van der Waals surface area contributed by atoms with Gasteiger partial charge in [-0.15, -0.1) is 0 Å². The molecule has 2 aromatic carbocycles. The summed E-state index contributed by atoms with van der Waals surface area (Å²) in [7, 11) is 0. The minimum Gasteiger partial charge on any atom is -0.316 e. The largest absolute Gasteiger partial charge is 0.316 e.